The highest BCUT2D eigenvalue weighted by molar-refractivity contribution is 7.89. The molecule has 1 heterocycles. The monoisotopic (exact) mass is 298 g/mol. The molecular weight excluding hydrogens is 283 g/mol. The average Bonchev–Trinajstić information content (AvgIpc) is 2.77. The van der Waals surface area contributed by atoms with Crippen LogP contribution < -0.4 is 0 Å². The van der Waals surface area contributed by atoms with E-state index < -0.39 is 15.8 Å². The van der Waals surface area contributed by atoms with Gasteiger partial charge < -0.3 is 0 Å². The summed E-state index contributed by atoms with van der Waals surface area (Å²) in [6.45, 7) is 3.36. The normalized spacial score (nSPS) is 12.1. The van der Waals surface area contributed by atoms with Crippen molar-refractivity contribution >= 4 is 10.0 Å². The molecule has 0 fully saturated rings. The first kappa shape index (κ1) is 14.6. The zero-order valence-corrected chi connectivity index (χ0v) is 12.2. The SMILES string of the molecule is Cc1nc(CN(C)S(=O)(=O)c2cc(F)ccc2C)n[nH]1. The van der Waals surface area contributed by atoms with E-state index in [-0.39, 0.29) is 11.4 Å². The lowest BCUT2D eigenvalue weighted by atomic mass is 10.2. The number of nitrogens with one attached hydrogen (secondary N) is 1. The van der Waals surface area contributed by atoms with Crippen LogP contribution in [-0.2, 0) is 16.6 Å². The summed E-state index contributed by atoms with van der Waals surface area (Å²) >= 11 is 0. The Bertz CT molecular complexity index is 727. The number of aromatic amines is 1. The molecule has 0 aliphatic heterocycles. The molecular formula is C12H15FN4O2S. The van der Waals surface area contributed by atoms with Crippen LogP contribution >= 0.6 is 0 Å². The first-order valence-corrected chi connectivity index (χ1v) is 7.35. The van der Waals surface area contributed by atoms with Crippen LogP contribution in [0, 0.1) is 19.7 Å². The molecule has 2 rings (SSSR count). The average molecular weight is 298 g/mol. The van der Waals surface area contributed by atoms with E-state index >= 15 is 0 Å². The van der Waals surface area contributed by atoms with Crippen LogP contribution in [0.5, 0.6) is 0 Å². The van der Waals surface area contributed by atoms with Crippen LogP contribution in [0.2, 0.25) is 0 Å². The summed E-state index contributed by atoms with van der Waals surface area (Å²) in [5.74, 6) is 0.381. The molecule has 0 bridgehead atoms. The number of halogens is 1. The molecule has 0 atom stereocenters. The van der Waals surface area contributed by atoms with E-state index in [0.29, 0.717) is 17.2 Å². The second-order valence-electron chi connectivity index (χ2n) is 4.51. The fourth-order valence-corrected chi connectivity index (χ4v) is 3.12. The Morgan fingerprint density at radius 2 is 2.05 bits per heavy atom. The highest BCUT2D eigenvalue weighted by Gasteiger charge is 2.24. The molecule has 0 amide bonds. The Kier molecular flexibility index (Phi) is 3.87. The third kappa shape index (κ3) is 2.86. The van der Waals surface area contributed by atoms with Gasteiger partial charge in [0.1, 0.15) is 11.6 Å². The van der Waals surface area contributed by atoms with Gasteiger partial charge in [-0.15, -0.1) is 0 Å². The topological polar surface area (TPSA) is 79.0 Å². The number of aromatic nitrogens is 3. The Labute approximate surface area is 116 Å². The van der Waals surface area contributed by atoms with Crippen molar-refractivity contribution < 1.29 is 12.8 Å². The summed E-state index contributed by atoms with van der Waals surface area (Å²) in [5, 5.41) is 6.53. The van der Waals surface area contributed by atoms with Crippen molar-refractivity contribution in [1.82, 2.24) is 19.5 Å². The highest BCUT2D eigenvalue weighted by atomic mass is 32.2. The summed E-state index contributed by atoms with van der Waals surface area (Å²) in [4.78, 5) is 4.00. The van der Waals surface area contributed by atoms with Crippen LogP contribution in [0.1, 0.15) is 17.2 Å². The minimum atomic E-state index is -3.78. The van der Waals surface area contributed by atoms with E-state index in [4.69, 9.17) is 0 Å². The van der Waals surface area contributed by atoms with Gasteiger partial charge in [0.05, 0.1) is 11.4 Å². The number of aryl methyl sites for hydroxylation is 2. The zero-order chi connectivity index (χ0) is 14.9. The van der Waals surface area contributed by atoms with Gasteiger partial charge in [-0.1, -0.05) is 6.07 Å². The lowest BCUT2D eigenvalue weighted by molar-refractivity contribution is 0.456. The molecule has 6 nitrogen and oxygen atoms in total. The molecule has 0 radical (unpaired) electrons. The van der Waals surface area contributed by atoms with Gasteiger partial charge in [-0.2, -0.15) is 9.40 Å². The number of rotatable bonds is 4. The minimum absolute atomic E-state index is 0.0165. The largest absolute Gasteiger partial charge is 0.263 e. The molecule has 108 valence electrons. The Morgan fingerprint density at radius 1 is 1.35 bits per heavy atom. The van der Waals surface area contributed by atoms with Gasteiger partial charge in [0.2, 0.25) is 10.0 Å². The van der Waals surface area contributed by atoms with Crippen molar-refractivity contribution in [2.24, 2.45) is 0 Å². The van der Waals surface area contributed by atoms with Gasteiger partial charge in [-0.3, -0.25) is 5.10 Å². The predicted molar refractivity (Wildman–Crippen MR) is 70.9 cm³/mol. The Balaban J connectivity index is 2.32. The maximum Gasteiger partial charge on any atom is 0.243 e. The summed E-state index contributed by atoms with van der Waals surface area (Å²) in [7, 11) is -2.37. The van der Waals surface area contributed by atoms with Crippen LogP contribution in [0.25, 0.3) is 0 Å². The van der Waals surface area contributed by atoms with E-state index in [0.717, 1.165) is 10.4 Å². The maximum absolute atomic E-state index is 13.3. The van der Waals surface area contributed by atoms with Crippen molar-refractivity contribution in [2.45, 2.75) is 25.3 Å². The number of hydrogen-bond acceptors (Lipinski definition) is 4. The number of hydrogen-bond donors (Lipinski definition) is 1. The fourth-order valence-electron chi connectivity index (χ4n) is 1.76. The van der Waals surface area contributed by atoms with Crippen molar-refractivity contribution in [3.8, 4) is 0 Å². The lowest BCUT2D eigenvalue weighted by Gasteiger charge is -2.17. The van der Waals surface area contributed by atoms with E-state index in [1.54, 1.807) is 13.8 Å². The molecule has 1 aromatic heterocycles. The van der Waals surface area contributed by atoms with Crippen molar-refractivity contribution in [1.29, 1.82) is 0 Å². The minimum Gasteiger partial charge on any atom is -0.263 e. The van der Waals surface area contributed by atoms with Gasteiger partial charge in [-0.25, -0.2) is 17.8 Å². The second-order valence-corrected chi connectivity index (χ2v) is 6.52. The molecule has 0 spiro atoms. The first-order valence-electron chi connectivity index (χ1n) is 5.91. The smallest absolute Gasteiger partial charge is 0.243 e. The van der Waals surface area contributed by atoms with Gasteiger partial charge >= 0.3 is 0 Å². The molecule has 0 aliphatic carbocycles. The van der Waals surface area contributed by atoms with Crippen molar-refractivity contribution in [3.05, 3.63) is 41.2 Å². The van der Waals surface area contributed by atoms with E-state index in [9.17, 15) is 12.8 Å². The molecule has 0 unspecified atom stereocenters. The summed E-state index contributed by atoms with van der Waals surface area (Å²) in [6, 6.07) is 3.68. The third-order valence-corrected chi connectivity index (χ3v) is 4.79. The molecule has 8 heteroatoms. The molecule has 0 saturated heterocycles. The molecule has 1 N–H and O–H groups in total. The highest BCUT2D eigenvalue weighted by Crippen LogP contribution is 2.20. The van der Waals surface area contributed by atoms with Crippen molar-refractivity contribution in [2.75, 3.05) is 7.05 Å². The fraction of sp³-hybridized carbons (Fsp3) is 0.333. The third-order valence-electron chi connectivity index (χ3n) is 2.85. The number of sulfonamides is 1. The van der Waals surface area contributed by atoms with Crippen molar-refractivity contribution in [3.63, 3.8) is 0 Å². The van der Waals surface area contributed by atoms with Crippen LogP contribution in [-0.4, -0.2) is 35.0 Å². The van der Waals surface area contributed by atoms with Gasteiger partial charge in [-0.05, 0) is 31.5 Å². The molecule has 20 heavy (non-hydrogen) atoms. The predicted octanol–water partition coefficient (Wildman–Crippen LogP) is 1.38. The van der Waals surface area contributed by atoms with Gasteiger partial charge in [0.15, 0.2) is 5.82 Å². The van der Waals surface area contributed by atoms with E-state index in [1.807, 2.05) is 0 Å². The molecule has 1 aromatic carbocycles. The summed E-state index contributed by atoms with van der Waals surface area (Å²) in [5.41, 5.74) is 0.490. The quantitative estimate of drug-likeness (QED) is 0.925. The maximum atomic E-state index is 13.3. The van der Waals surface area contributed by atoms with E-state index in [1.165, 1.54) is 19.2 Å². The van der Waals surface area contributed by atoms with Gasteiger partial charge in [0, 0.05) is 7.05 Å². The standard InChI is InChI=1S/C12H15FN4O2S/c1-8-4-5-10(13)6-11(8)20(18,19)17(3)7-12-14-9(2)15-16-12/h4-6H,7H2,1-3H3,(H,14,15,16). The summed E-state index contributed by atoms with van der Waals surface area (Å²) < 4.78 is 39.2. The van der Waals surface area contributed by atoms with Gasteiger partial charge in [0.25, 0.3) is 0 Å². The van der Waals surface area contributed by atoms with Crippen LogP contribution in [0.3, 0.4) is 0 Å². The van der Waals surface area contributed by atoms with Crippen LogP contribution in [0.15, 0.2) is 23.1 Å². The molecule has 0 aliphatic rings. The second kappa shape index (κ2) is 5.29. The molecule has 0 saturated carbocycles. The lowest BCUT2D eigenvalue weighted by Crippen LogP contribution is -2.27. The van der Waals surface area contributed by atoms with Crippen LogP contribution in [0.4, 0.5) is 4.39 Å². The number of H-pyrrole nitrogens is 1. The van der Waals surface area contributed by atoms with E-state index in [2.05, 4.69) is 15.2 Å². The first-order chi connectivity index (χ1) is 9.30. The number of nitrogens with zero attached hydrogens (tertiary/aromatic N) is 3. The summed E-state index contributed by atoms with van der Waals surface area (Å²) in [6.07, 6.45) is 0. The Morgan fingerprint density at radius 3 is 2.65 bits per heavy atom. The zero-order valence-electron chi connectivity index (χ0n) is 11.4. The Hall–Kier alpha value is -1.80. The molecule has 2 aromatic rings. The number of benzene rings is 1.